The van der Waals surface area contributed by atoms with Gasteiger partial charge in [0.2, 0.25) is 5.88 Å². The van der Waals surface area contributed by atoms with Crippen LogP contribution in [0.2, 0.25) is 0 Å². The van der Waals surface area contributed by atoms with E-state index in [9.17, 15) is 8.94 Å². The number of methoxy groups -OCH3 is 1. The van der Waals surface area contributed by atoms with Crippen molar-refractivity contribution in [2.75, 3.05) is 7.11 Å². The number of benzene rings is 1. The number of halogens is 1. The lowest BCUT2D eigenvalue weighted by Gasteiger charge is -2.19. The largest absolute Gasteiger partial charge is 0.591 e. The molecular formula is C20H26FN3O2S. The number of hydrogen-bond donors (Lipinski definition) is 0. The minimum Gasteiger partial charge on any atom is -0.591 e. The Morgan fingerprint density at radius 1 is 1.15 bits per heavy atom. The van der Waals surface area contributed by atoms with E-state index in [0.29, 0.717) is 31.6 Å². The summed E-state index contributed by atoms with van der Waals surface area (Å²) in [5.41, 5.74) is 2.73. The molecule has 2 aromatic rings. The van der Waals surface area contributed by atoms with Crippen LogP contribution in [-0.4, -0.2) is 32.1 Å². The molecule has 0 aliphatic rings. The molecule has 2 rings (SSSR count). The van der Waals surface area contributed by atoms with Crippen molar-refractivity contribution in [1.29, 1.82) is 0 Å². The quantitative estimate of drug-likeness (QED) is 0.502. The van der Waals surface area contributed by atoms with Crippen LogP contribution in [0.4, 0.5) is 4.39 Å². The van der Waals surface area contributed by atoms with Gasteiger partial charge in [0.25, 0.3) is 0 Å². The molecule has 0 aliphatic heterocycles. The van der Waals surface area contributed by atoms with Crippen LogP contribution in [0, 0.1) is 5.82 Å². The summed E-state index contributed by atoms with van der Waals surface area (Å²) in [6.45, 7) is 5.71. The molecule has 27 heavy (non-hydrogen) atoms. The minimum atomic E-state index is -1.32. The zero-order chi connectivity index (χ0) is 19.9. The maximum atomic E-state index is 13.1. The molecule has 0 saturated carbocycles. The lowest BCUT2D eigenvalue weighted by Crippen LogP contribution is -2.27. The predicted octanol–water partition coefficient (Wildman–Crippen LogP) is 4.09. The van der Waals surface area contributed by atoms with Crippen LogP contribution in [0.3, 0.4) is 0 Å². The van der Waals surface area contributed by atoms with Gasteiger partial charge in [0.05, 0.1) is 12.8 Å². The van der Waals surface area contributed by atoms with Gasteiger partial charge in [-0.15, -0.1) is 0 Å². The monoisotopic (exact) mass is 391 g/mol. The maximum absolute atomic E-state index is 13.1. The molecule has 5 nitrogen and oxygen atoms in total. The average molecular weight is 392 g/mol. The van der Waals surface area contributed by atoms with Gasteiger partial charge in [-0.25, -0.2) is 14.4 Å². The minimum absolute atomic E-state index is 0.251. The Hall–Kier alpha value is -1.99. The van der Waals surface area contributed by atoms with Gasteiger partial charge in [-0.1, -0.05) is 16.5 Å². The van der Waals surface area contributed by atoms with Crippen molar-refractivity contribution in [3.05, 3.63) is 53.7 Å². The van der Waals surface area contributed by atoms with Gasteiger partial charge in [-0.2, -0.15) is 0 Å². The van der Waals surface area contributed by atoms with Gasteiger partial charge in [0, 0.05) is 11.8 Å². The number of rotatable bonds is 8. The Morgan fingerprint density at radius 2 is 1.81 bits per heavy atom. The van der Waals surface area contributed by atoms with Gasteiger partial charge in [0.15, 0.2) is 0 Å². The second kappa shape index (κ2) is 9.80. The highest BCUT2D eigenvalue weighted by molar-refractivity contribution is 7.91. The lowest BCUT2D eigenvalue weighted by molar-refractivity contribution is 0.396. The fourth-order valence-electron chi connectivity index (χ4n) is 2.31. The van der Waals surface area contributed by atoms with Crippen LogP contribution in [-0.2, 0) is 24.2 Å². The molecule has 1 atom stereocenters. The standard InChI is InChI=1S/C20H26FN3O2S/c1-20(2,3)27(25)24-17(10-7-15-5-8-16(21)9-6-15)11-12-18-13-19(26-4)23-14-22-18/h5-6,8-9,13-14H,7,10-12H2,1-4H3. The molecular weight excluding hydrogens is 365 g/mol. The predicted molar refractivity (Wildman–Crippen MR) is 107 cm³/mol. The summed E-state index contributed by atoms with van der Waals surface area (Å²) in [7, 11) is 1.56. The van der Waals surface area contributed by atoms with Gasteiger partial charge in [0.1, 0.15) is 28.3 Å². The molecule has 0 aliphatic carbocycles. The van der Waals surface area contributed by atoms with Crippen LogP contribution in [0.5, 0.6) is 5.88 Å². The van der Waals surface area contributed by atoms with Crippen molar-refractivity contribution in [3.63, 3.8) is 0 Å². The van der Waals surface area contributed by atoms with Crippen LogP contribution in [0.1, 0.15) is 44.9 Å². The van der Waals surface area contributed by atoms with Crippen molar-refractivity contribution in [2.45, 2.75) is 51.2 Å². The molecule has 1 aromatic heterocycles. The Kier molecular flexibility index (Phi) is 7.74. The molecule has 146 valence electrons. The topological polar surface area (TPSA) is 70.4 Å². The summed E-state index contributed by atoms with van der Waals surface area (Å²) in [5.74, 6) is 0.266. The Balaban J connectivity index is 2.08. The number of nitrogens with zero attached hydrogens (tertiary/aromatic N) is 3. The third-order valence-corrected chi connectivity index (χ3v) is 5.40. The highest BCUT2D eigenvalue weighted by Crippen LogP contribution is 2.19. The second-order valence-corrected chi connectivity index (χ2v) is 9.10. The molecule has 1 heterocycles. The summed E-state index contributed by atoms with van der Waals surface area (Å²) in [6.07, 6.45) is 4.14. The smallest absolute Gasteiger partial charge is 0.216 e. The first-order valence-corrected chi connectivity index (χ1v) is 9.96. The van der Waals surface area contributed by atoms with Gasteiger partial charge >= 0.3 is 0 Å². The van der Waals surface area contributed by atoms with E-state index in [0.717, 1.165) is 17.0 Å². The van der Waals surface area contributed by atoms with E-state index in [-0.39, 0.29) is 5.82 Å². The molecule has 0 amide bonds. The lowest BCUT2D eigenvalue weighted by atomic mass is 10.0. The van der Waals surface area contributed by atoms with E-state index >= 15 is 0 Å². The molecule has 0 fully saturated rings. The summed E-state index contributed by atoms with van der Waals surface area (Å²) < 4.78 is 34.7. The normalized spacial score (nSPS) is 13.5. The maximum Gasteiger partial charge on any atom is 0.216 e. The first-order chi connectivity index (χ1) is 12.8. The first kappa shape index (κ1) is 21.3. The highest BCUT2D eigenvalue weighted by Gasteiger charge is 2.27. The number of hydrogen-bond acceptors (Lipinski definition) is 5. The molecule has 0 bridgehead atoms. The SMILES string of the molecule is COc1cc(CCC(CCc2ccc(F)cc2)=N[S+]([O-])C(C)(C)C)ncn1. The highest BCUT2D eigenvalue weighted by atomic mass is 32.2. The first-order valence-electron chi connectivity index (χ1n) is 8.85. The summed E-state index contributed by atoms with van der Waals surface area (Å²) in [6, 6.07) is 8.23. The Morgan fingerprint density at radius 3 is 2.44 bits per heavy atom. The van der Waals surface area contributed by atoms with Crippen LogP contribution in [0.25, 0.3) is 0 Å². The van der Waals surface area contributed by atoms with Crippen LogP contribution >= 0.6 is 0 Å². The summed E-state index contributed by atoms with van der Waals surface area (Å²) >= 11 is -1.32. The summed E-state index contributed by atoms with van der Waals surface area (Å²) in [4.78, 5) is 8.26. The average Bonchev–Trinajstić information content (AvgIpc) is 2.64. The van der Waals surface area contributed by atoms with Crippen molar-refractivity contribution >= 4 is 17.1 Å². The van der Waals surface area contributed by atoms with Crippen LogP contribution in [0.15, 0.2) is 41.1 Å². The van der Waals surface area contributed by atoms with E-state index in [1.807, 2.05) is 20.8 Å². The van der Waals surface area contributed by atoms with Crippen molar-refractivity contribution in [2.24, 2.45) is 4.40 Å². The number of ether oxygens (including phenoxy) is 1. The third kappa shape index (κ3) is 7.27. The number of aryl methyl sites for hydroxylation is 2. The second-order valence-electron chi connectivity index (χ2n) is 7.20. The Labute approximate surface area is 163 Å². The molecule has 1 aromatic carbocycles. The molecule has 0 N–H and O–H groups in total. The van der Waals surface area contributed by atoms with Gasteiger partial charge < -0.3 is 9.29 Å². The fourth-order valence-corrected chi connectivity index (χ4v) is 3.00. The van der Waals surface area contributed by atoms with Crippen molar-refractivity contribution in [3.8, 4) is 5.88 Å². The summed E-state index contributed by atoms with van der Waals surface area (Å²) in [5, 5.41) is 0. The van der Waals surface area contributed by atoms with Crippen molar-refractivity contribution in [1.82, 2.24) is 9.97 Å². The molecule has 0 radical (unpaired) electrons. The van der Waals surface area contributed by atoms with Crippen LogP contribution < -0.4 is 4.74 Å². The van der Waals surface area contributed by atoms with Gasteiger partial charge in [-0.05, 0) is 64.2 Å². The van der Waals surface area contributed by atoms with Gasteiger partial charge in [-0.3, -0.25) is 0 Å². The molecule has 0 spiro atoms. The number of aromatic nitrogens is 2. The zero-order valence-corrected chi connectivity index (χ0v) is 17.1. The molecule has 1 unspecified atom stereocenters. The zero-order valence-electron chi connectivity index (χ0n) is 16.2. The van der Waals surface area contributed by atoms with E-state index in [4.69, 9.17) is 4.74 Å². The van der Waals surface area contributed by atoms with E-state index in [2.05, 4.69) is 14.4 Å². The van der Waals surface area contributed by atoms with E-state index < -0.39 is 16.1 Å². The molecule has 7 heteroatoms. The van der Waals surface area contributed by atoms with E-state index in [1.165, 1.54) is 18.5 Å². The fraction of sp³-hybridized carbons (Fsp3) is 0.450. The Bertz CT molecular complexity index is 761. The van der Waals surface area contributed by atoms with E-state index in [1.54, 1.807) is 25.3 Å². The van der Waals surface area contributed by atoms with Crippen molar-refractivity contribution < 1.29 is 13.7 Å². The molecule has 0 saturated heterocycles. The third-order valence-electron chi connectivity index (χ3n) is 3.93.